The van der Waals surface area contributed by atoms with Crippen molar-refractivity contribution in [2.75, 3.05) is 31.1 Å². The van der Waals surface area contributed by atoms with Crippen molar-refractivity contribution in [3.05, 3.63) is 101 Å². The van der Waals surface area contributed by atoms with Crippen LogP contribution in [0.1, 0.15) is 45.5 Å². The molecule has 1 fully saturated rings. The Bertz CT molecular complexity index is 1130. The fraction of sp³-hybridized carbons (Fsp3) is 0.333. The molecule has 0 aliphatic carbocycles. The normalized spacial score (nSPS) is 13.5. The van der Waals surface area contributed by atoms with Gasteiger partial charge in [-0.3, -0.25) is 9.59 Å². The number of anilines is 1. The maximum atomic E-state index is 13.5. The summed E-state index contributed by atoms with van der Waals surface area (Å²) in [6.45, 7) is 8.42. The van der Waals surface area contributed by atoms with Crippen molar-refractivity contribution in [2.24, 2.45) is 0 Å². The Hall–Kier alpha value is -3.44. The second kappa shape index (κ2) is 11.8. The summed E-state index contributed by atoms with van der Waals surface area (Å²) < 4.78 is 0. The number of hydrogen-bond acceptors (Lipinski definition) is 3. The molecule has 1 aliphatic heterocycles. The van der Waals surface area contributed by atoms with Gasteiger partial charge in [0.05, 0.1) is 13.0 Å². The highest BCUT2D eigenvalue weighted by Crippen LogP contribution is 2.22. The number of carbonyl (C=O) groups excluding carboxylic acids is 2. The summed E-state index contributed by atoms with van der Waals surface area (Å²) in [5.74, 6) is -0.0109. The third-order valence-corrected chi connectivity index (χ3v) is 6.53. The third kappa shape index (κ3) is 7.03. The molecule has 1 saturated heterocycles. The molecule has 0 atom stereocenters. The quantitative estimate of drug-likeness (QED) is 0.485. The molecule has 5 heteroatoms. The lowest BCUT2D eigenvalue weighted by atomic mass is 10.1. The van der Waals surface area contributed by atoms with Gasteiger partial charge in [-0.15, -0.1) is 0 Å². The van der Waals surface area contributed by atoms with Gasteiger partial charge in [0.1, 0.15) is 0 Å². The van der Waals surface area contributed by atoms with Crippen molar-refractivity contribution in [2.45, 2.75) is 39.7 Å². The molecule has 4 rings (SSSR count). The minimum Gasteiger partial charge on any atom is -0.355 e. The first-order valence-electron chi connectivity index (χ1n) is 12.5. The lowest BCUT2D eigenvalue weighted by molar-refractivity contribution is -0.120. The van der Waals surface area contributed by atoms with E-state index in [9.17, 15) is 9.59 Å². The third-order valence-electron chi connectivity index (χ3n) is 6.53. The molecule has 1 N–H and O–H groups in total. The molecule has 0 bridgehead atoms. The predicted molar refractivity (Wildman–Crippen MR) is 142 cm³/mol. The van der Waals surface area contributed by atoms with Crippen LogP contribution < -0.4 is 10.2 Å². The van der Waals surface area contributed by atoms with Crippen LogP contribution in [0, 0.1) is 13.8 Å². The zero-order valence-electron chi connectivity index (χ0n) is 20.8. The van der Waals surface area contributed by atoms with Crippen molar-refractivity contribution < 1.29 is 9.59 Å². The van der Waals surface area contributed by atoms with Gasteiger partial charge in [-0.2, -0.15) is 0 Å². The maximum absolute atomic E-state index is 13.5. The van der Waals surface area contributed by atoms with Gasteiger partial charge in [0.25, 0.3) is 5.91 Å². The average molecular weight is 470 g/mol. The van der Waals surface area contributed by atoms with Crippen molar-refractivity contribution in [1.29, 1.82) is 0 Å². The minimum atomic E-state index is -0.0427. The molecule has 1 heterocycles. The largest absolute Gasteiger partial charge is 0.355 e. The fourth-order valence-electron chi connectivity index (χ4n) is 4.53. The van der Waals surface area contributed by atoms with Crippen LogP contribution in [0.4, 0.5) is 5.69 Å². The monoisotopic (exact) mass is 469 g/mol. The number of amides is 2. The molecule has 0 unspecified atom stereocenters. The first-order valence-corrected chi connectivity index (χ1v) is 12.5. The average Bonchev–Trinajstić information content (AvgIpc) is 3.37. The van der Waals surface area contributed by atoms with E-state index in [4.69, 9.17) is 0 Å². The minimum absolute atomic E-state index is 0.0318. The van der Waals surface area contributed by atoms with Gasteiger partial charge >= 0.3 is 0 Å². The topological polar surface area (TPSA) is 52.7 Å². The summed E-state index contributed by atoms with van der Waals surface area (Å²) in [5, 5.41) is 3.03. The Morgan fingerprint density at radius 1 is 0.857 bits per heavy atom. The van der Waals surface area contributed by atoms with Crippen LogP contribution in [0.15, 0.2) is 72.8 Å². The first kappa shape index (κ1) is 24.7. The van der Waals surface area contributed by atoms with Crippen molar-refractivity contribution in [3.63, 3.8) is 0 Å². The van der Waals surface area contributed by atoms with Gasteiger partial charge in [-0.05, 0) is 75.2 Å². The molecule has 35 heavy (non-hydrogen) atoms. The molecule has 5 nitrogen and oxygen atoms in total. The molecule has 0 radical (unpaired) electrons. The molecular weight excluding hydrogens is 434 g/mol. The molecule has 3 aromatic carbocycles. The van der Waals surface area contributed by atoms with Crippen LogP contribution in [-0.2, 0) is 17.8 Å². The van der Waals surface area contributed by atoms with Crippen LogP contribution in [0.2, 0.25) is 0 Å². The fourth-order valence-corrected chi connectivity index (χ4v) is 4.53. The van der Waals surface area contributed by atoms with Gasteiger partial charge in [0.2, 0.25) is 5.91 Å². The second-order valence-electron chi connectivity index (χ2n) is 9.49. The van der Waals surface area contributed by atoms with Crippen LogP contribution in [0.25, 0.3) is 0 Å². The van der Waals surface area contributed by atoms with E-state index in [0.717, 1.165) is 47.6 Å². The highest BCUT2D eigenvalue weighted by Gasteiger charge is 2.19. The van der Waals surface area contributed by atoms with E-state index in [0.29, 0.717) is 25.1 Å². The predicted octanol–water partition coefficient (Wildman–Crippen LogP) is 4.90. The van der Waals surface area contributed by atoms with Crippen LogP contribution in [-0.4, -0.2) is 42.9 Å². The molecule has 182 valence electrons. The van der Waals surface area contributed by atoms with Crippen molar-refractivity contribution >= 4 is 17.5 Å². The Morgan fingerprint density at radius 3 is 2.26 bits per heavy atom. The molecule has 2 amide bonds. The van der Waals surface area contributed by atoms with Crippen LogP contribution in [0.5, 0.6) is 0 Å². The van der Waals surface area contributed by atoms with Crippen LogP contribution >= 0.6 is 0 Å². The Morgan fingerprint density at radius 2 is 1.57 bits per heavy atom. The van der Waals surface area contributed by atoms with Gasteiger partial charge in [0.15, 0.2) is 0 Å². The van der Waals surface area contributed by atoms with E-state index in [1.807, 2.05) is 67.6 Å². The van der Waals surface area contributed by atoms with E-state index in [-0.39, 0.29) is 11.8 Å². The number of nitrogens with one attached hydrogen (secondary N) is 1. The zero-order chi connectivity index (χ0) is 24.6. The highest BCUT2D eigenvalue weighted by molar-refractivity contribution is 6.06. The Balaban J connectivity index is 1.44. The van der Waals surface area contributed by atoms with Gasteiger partial charge in [0, 0.05) is 24.3 Å². The summed E-state index contributed by atoms with van der Waals surface area (Å²) in [7, 11) is 0. The molecule has 0 spiro atoms. The lowest BCUT2D eigenvalue weighted by Crippen LogP contribution is -2.34. The number of rotatable bonds is 9. The maximum Gasteiger partial charge on any atom is 0.258 e. The number of carbonyl (C=O) groups is 2. The van der Waals surface area contributed by atoms with E-state index in [2.05, 4.69) is 29.3 Å². The van der Waals surface area contributed by atoms with E-state index in [1.54, 1.807) is 4.90 Å². The van der Waals surface area contributed by atoms with Gasteiger partial charge in [-0.25, -0.2) is 0 Å². The summed E-state index contributed by atoms with van der Waals surface area (Å²) in [5.41, 5.74) is 5.77. The second-order valence-corrected chi connectivity index (χ2v) is 9.49. The van der Waals surface area contributed by atoms with E-state index in [1.165, 1.54) is 12.8 Å². The molecule has 1 aliphatic rings. The number of nitrogens with zero attached hydrogens (tertiary/aromatic N) is 2. The smallest absolute Gasteiger partial charge is 0.258 e. The van der Waals surface area contributed by atoms with Gasteiger partial charge in [-0.1, -0.05) is 59.7 Å². The zero-order valence-corrected chi connectivity index (χ0v) is 20.8. The van der Waals surface area contributed by atoms with Crippen molar-refractivity contribution in [1.82, 2.24) is 10.2 Å². The van der Waals surface area contributed by atoms with Crippen LogP contribution in [0.3, 0.4) is 0 Å². The lowest BCUT2D eigenvalue weighted by Gasteiger charge is -2.24. The summed E-state index contributed by atoms with van der Waals surface area (Å²) >= 11 is 0. The number of aryl methyl sites for hydroxylation is 2. The number of benzene rings is 3. The summed E-state index contributed by atoms with van der Waals surface area (Å²) in [6, 6.07) is 23.7. The molecular formula is C30H35N3O2. The number of likely N-dealkylation sites (tertiary alicyclic amines) is 1. The van der Waals surface area contributed by atoms with Gasteiger partial charge < -0.3 is 15.1 Å². The molecule has 3 aromatic rings. The Labute approximate surface area is 208 Å². The first-order chi connectivity index (χ1) is 17.0. The SMILES string of the molecule is Cc1ccc(C(=O)N(Cc2cccc(C)c2)c2ccc(CC(=O)NCCN3CCCC3)cc2)cc1. The summed E-state index contributed by atoms with van der Waals surface area (Å²) in [6.07, 6.45) is 2.85. The van der Waals surface area contributed by atoms with E-state index >= 15 is 0 Å². The van der Waals surface area contributed by atoms with Crippen molar-refractivity contribution in [3.8, 4) is 0 Å². The highest BCUT2D eigenvalue weighted by atomic mass is 16.2. The standard InChI is InChI=1S/C30H35N3O2/c1-23-8-12-27(13-9-23)30(35)33(22-26-7-5-6-24(2)20-26)28-14-10-25(11-15-28)21-29(34)31-16-19-32-17-3-4-18-32/h5-15,20H,3-4,16-19,21-22H2,1-2H3,(H,31,34). The summed E-state index contributed by atoms with van der Waals surface area (Å²) in [4.78, 5) is 30.1. The number of hydrogen-bond donors (Lipinski definition) is 1. The molecule has 0 saturated carbocycles. The molecule has 0 aromatic heterocycles. The Kier molecular flexibility index (Phi) is 8.32. The van der Waals surface area contributed by atoms with E-state index < -0.39 is 0 Å².